The second-order valence-electron chi connectivity index (χ2n) is 8.34. The molecule has 0 atom stereocenters. The fourth-order valence-electron chi connectivity index (χ4n) is 4.24. The lowest BCUT2D eigenvalue weighted by Gasteiger charge is -2.30. The highest BCUT2D eigenvalue weighted by Gasteiger charge is 2.32. The van der Waals surface area contributed by atoms with Crippen molar-refractivity contribution in [1.82, 2.24) is 24.6 Å². The van der Waals surface area contributed by atoms with Crippen LogP contribution in [0.1, 0.15) is 30.2 Å². The third-order valence-corrected chi connectivity index (χ3v) is 9.79. The van der Waals surface area contributed by atoms with E-state index in [9.17, 15) is 18.0 Å². The average Bonchev–Trinajstić information content (AvgIpc) is 3.50. The van der Waals surface area contributed by atoms with Crippen LogP contribution in [0.4, 0.5) is 0 Å². The van der Waals surface area contributed by atoms with Crippen LogP contribution in [0.15, 0.2) is 58.3 Å². The third-order valence-electron chi connectivity index (χ3n) is 6.10. The van der Waals surface area contributed by atoms with Gasteiger partial charge in [-0.1, -0.05) is 29.0 Å². The van der Waals surface area contributed by atoms with Crippen molar-refractivity contribution < 1.29 is 18.0 Å². The van der Waals surface area contributed by atoms with Gasteiger partial charge in [0.15, 0.2) is 5.78 Å². The van der Waals surface area contributed by atoms with Gasteiger partial charge in [-0.2, -0.15) is 4.31 Å². The van der Waals surface area contributed by atoms with Crippen LogP contribution in [0.3, 0.4) is 0 Å². The van der Waals surface area contributed by atoms with Gasteiger partial charge in [-0.3, -0.25) is 9.59 Å². The Bertz CT molecular complexity index is 1470. The molecule has 1 saturated heterocycles. The van der Waals surface area contributed by atoms with E-state index in [2.05, 4.69) is 15.6 Å². The summed E-state index contributed by atoms with van der Waals surface area (Å²) in [4.78, 5) is 24.8. The molecule has 0 radical (unpaired) electrons. The summed E-state index contributed by atoms with van der Waals surface area (Å²) >= 11 is 7.15. The van der Waals surface area contributed by atoms with Crippen LogP contribution in [0.2, 0.25) is 5.02 Å². The van der Waals surface area contributed by atoms with Crippen LogP contribution in [-0.2, 0) is 26.2 Å². The Balaban J connectivity index is 1.21. The molecular weight excluding hydrogens is 510 g/mol. The number of halogens is 1. The highest BCUT2D eigenvalue weighted by Crippen LogP contribution is 2.31. The van der Waals surface area contributed by atoms with Crippen molar-refractivity contribution >= 4 is 55.7 Å². The number of carbonyl (C=O) groups excluding carboxylic acids is 2. The van der Waals surface area contributed by atoms with Crippen LogP contribution in [0.5, 0.6) is 0 Å². The summed E-state index contributed by atoms with van der Waals surface area (Å²) in [6, 6.07) is 8.74. The molecule has 9 nitrogen and oxygen atoms in total. The van der Waals surface area contributed by atoms with Crippen LogP contribution in [-0.4, -0.2) is 52.5 Å². The maximum absolute atomic E-state index is 13.2. The highest BCUT2D eigenvalue weighted by atomic mass is 35.5. The van der Waals surface area contributed by atoms with Gasteiger partial charge in [0, 0.05) is 29.4 Å². The predicted molar refractivity (Wildman–Crippen MR) is 133 cm³/mol. The van der Waals surface area contributed by atoms with E-state index >= 15 is 0 Å². The molecule has 3 heterocycles. The van der Waals surface area contributed by atoms with Crippen LogP contribution in [0, 0.1) is 0 Å². The fraction of sp³-hybridized carbons (Fsp3) is 0.304. The predicted octanol–water partition coefficient (Wildman–Crippen LogP) is 3.24. The molecule has 1 aromatic carbocycles. The molecule has 12 heteroatoms. The summed E-state index contributed by atoms with van der Waals surface area (Å²) in [7, 11) is -3.65. The number of sulfonamides is 1. The quantitative estimate of drug-likeness (QED) is 0.488. The minimum absolute atomic E-state index is 0.0494. The first-order valence-electron chi connectivity index (χ1n) is 11.1. The number of rotatable bonds is 6. The van der Waals surface area contributed by atoms with E-state index in [1.54, 1.807) is 36.4 Å². The maximum Gasteiger partial charge on any atom is 0.255 e. The minimum Gasteiger partial charge on any atom is -0.347 e. The molecule has 2 aliphatic rings. The van der Waals surface area contributed by atoms with Crippen molar-refractivity contribution in [2.45, 2.75) is 36.1 Å². The van der Waals surface area contributed by atoms with Crippen molar-refractivity contribution in [3.05, 3.63) is 64.0 Å². The highest BCUT2D eigenvalue weighted by molar-refractivity contribution is 7.91. The number of fused-ring (bicyclic) bond motifs is 1. The summed E-state index contributed by atoms with van der Waals surface area (Å²) in [5.41, 5.74) is 1.71. The second-order valence-corrected chi connectivity index (χ2v) is 12.1. The number of allylic oxidation sites excluding steroid dienone is 3. The fourth-order valence-corrected chi connectivity index (χ4v) is 7.32. The third kappa shape index (κ3) is 4.81. The van der Waals surface area contributed by atoms with Gasteiger partial charge >= 0.3 is 0 Å². The lowest BCUT2D eigenvalue weighted by atomic mass is 10.0. The molecule has 1 fully saturated rings. The van der Waals surface area contributed by atoms with Gasteiger partial charge in [0.05, 0.1) is 23.7 Å². The zero-order chi connectivity index (χ0) is 24.6. The molecule has 0 spiro atoms. The van der Waals surface area contributed by atoms with Gasteiger partial charge < -0.3 is 5.32 Å². The van der Waals surface area contributed by atoms with Gasteiger partial charge in [0.2, 0.25) is 0 Å². The number of hydrogen-bond donors (Lipinski definition) is 1. The van der Waals surface area contributed by atoms with Crippen molar-refractivity contribution in [2.75, 3.05) is 13.1 Å². The molecule has 3 aromatic rings. The number of carbonyl (C=O) groups is 2. The summed E-state index contributed by atoms with van der Waals surface area (Å²) in [5, 5.41) is 11.7. The number of ketones is 1. The Labute approximate surface area is 211 Å². The molecular formula is C23H22ClN5O4S2. The Hall–Kier alpha value is -2.86. The van der Waals surface area contributed by atoms with Gasteiger partial charge in [-0.25, -0.2) is 13.1 Å². The summed E-state index contributed by atoms with van der Waals surface area (Å²) < 4.78 is 30.0. The summed E-state index contributed by atoms with van der Waals surface area (Å²) in [6.45, 7) is 0.893. The SMILES string of the molecule is O=C1CC=CC=C1C(=O)NCc1ccc(S(=O)(=O)N2CCC(n3nnc4cc(Cl)ccc43)CC2)s1. The van der Waals surface area contributed by atoms with Crippen molar-refractivity contribution in [3.8, 4) is 0 Å². The molecule has 1 aliphatic carbocycles. The van der Waals surface area contributed by atoms with Gasteiger partial charge in [-0.15, -0.1) is 16.4 Å². The minimum atomic E-state index is -3.65. The Kier molecular flexibility index (Phi) is 6.58. The number of hydrogen-bond acceptors (Lipinski definition) is 7. The second kappa shape index (κ2) is 9.65. The smallest absolute Gasteiger partial charge is 0.255 e. The van der Waals surface area contributed by atoms with Gasteiger partial charge in [-0.05, 0) is 49.2 Å². The van der Waals surface area contributed by atoms with E-state index in [-0.39, 0.29) is 34.6 Å². The van der Waals surface area contributed by atoms with Crippen LogP contribution >= 0.6 is 22.9 Å². The molecule has 0 saturated carbocycles. The number of benzene rings is 1. The molecule has 0 unspecified atom stereocenters. The number of thiophene rings is 1. The molecule has 5 rings (SSSR count). The molecule has 1 aliphatic heterocycles. The maximum atomic E-state index is 13.2. The monoisotopic (exact) mass is 531 g/mol. The number of amides is 1. The Morgan fingerprint density at radius 3 is 2.77 bits per heavy atom. The standard InChI is InChI=1S/C23H22ClN5O4S2/c24-15-5-7-20-19(13-15)26-27-29(20)16-9-11-28(12-10-16)35(32,33)22-8-6-17(34-22)14-25-23(31)18-3-1-2-4-21(18)30/h1-3,5-8,13,16H,4,9-12,14H2,(H,25,31). The number of nitrogens with zero attached hydrogens (tertiary/aromatic N) is 4. The van der Waals surface area contributed by atoms with Gasteiger partial charge in [0.1, 0.15) is 9.73 Å². The van der Waals surface area contributed by atoms with E-state index in [0.717, 1.165) is 16.9 Å². The zero-order valence-electron chi connectivity index (χ0n) is 18.6. The van der Waals surface area contributed by atoms with Gasteiger partial charge in [0.25, 0.3) is 15.9 Å². The zero-order valence-corrected chi connectivity index (χ0v) is 20.9. The Morgan fingerprint density at radius 2 is 2.00 bits per heavy atom. The first kappa shape index (κ1) is 23.9. The Morgan fingerprint density at radius 1 is 1.20 bits per heavy atom. The van der Waals surface area contributed by atoms with Crippen LogP contribution < -0.4 is 5.32 Å². The van der Waals surface area contributed by atoms with E-state index in [1.165, 1.54) is 10.4 Å². The number of nitrogens with one attached hydrogen (secondary N) is 1. The molecule has 1 amide bonds. The first-order valence-corrected chi connectivity index (χ1v) is 13.7. The summed E-state index contributed by atoms with van der Waals surface area (Å²) in [6.07, 6.45) is 6.31. The normalized spacial score (nSPS) is 17.6. The molecule has 182 valence electrons. The molecule has 35 heavy (non-hydrogen) atoms. The lowest BCUT2D eigenvalue weighted by molar-refractivity contribution is -0.122. The molecule has 0 bridgehead atoms. The van der Waals surface area contributed by atoms with E-state index in [1.807, 2.05) is 10.7 Å². The van der Waals surface area contributed by atoms with E-state index in [4.69, 9.17) is 11.6 Å². The topological polar surface area (TPSA) is 114 Å². The largest absolute Gasteiger partial charge is 0.347 e. The number of Topliss-reactive ketones (excluding diaryl/α,β-unsaturated/α-hetero) is 1. The summed E-state index contributed by atoms with van der Waals surface area (Å²) in [5.74, 6) is -0.687. The van der Waals surface area contributed by atoms with E-state index in [0.29, 0.717) is 41.3 Å². The first-order chi connectivity index (χ1) is 16.8. The van der Waals surface area contributed by atoms with Crippen LogP contribution in [0.25, 0.3) is 11.0 Å². The molecule has 1 N–H and O–H groups in total. The number of piperidine rings is 1. The number of aromatic nitrogens is 3. The molecule has 2 aromatic heterocycles. The van der Waals surface area contributed by atoms with Crippen molar-refractivity contribution in [3.63, 3.8) is 0 Å². The average molecular weight is 532 g/mol. The van der Waals surface area contributed by atoms with Crippen molar-refractivity contribution in [1.29, 1.82) is 0 Å². The van der Waals surface area contributed by atoms with E-state index < -0.39 is 15.9 Å². The lowest BCUT2D eigenvalue weighted by Crippen LogP contribution is -2.38. The van der Waals surface area contributed by atoms with Crippen molar-refractivity contribution in [2.24, 2.45) is 0 Å².